The largest absolute Gasteiger partial charge is 0.361 e. The Morgan fingerprint density at radius 2 is 1.89 bits per heavy atom. The summed E-state index contributed by atoms with van der Waals surface area (Å²) in [5, 5.41) is 4.09. The van der Waals surface area contributed by atoms with Crippen LogP contribution in [0.4, 0.5) is 0 Å². The minimum absolute atomic E-state index is 0.0501. The number of nitrogens with zero attached hydrogens (tertiary/aromatic N) is 3. The van der Waals surface area contributed by atoms with Gasteiger partial charge in [-0.1, -0.05) is 24.4 Å². The maximum Gasteiger partial charge on any atom is 0.223 e. The average Bonchev–Trinajstić information content (AvgIpc) is 3.05. The van der Waals surface area contributed by atoms with Crippen LogP contribution >= 0.6 is 0 Å². The molecule has 1 aromatic heterocycles. The first-order chi connectivity index (χ1) is 13.1. The number of carbonyl (C=O) groups excluding carboxylic acids is 1. The second kappa shape index (κ2) is 7.94. The van der Waals surface area contributed by atoms with Crippen molar-refractivity contribution in [1.82, 2.24) is 15.0 Å². The fourth-order valence-electron chi connectivity index (χ4n) is 5.69. The van der Waals surface area contributed by atoms with Crippen molar-refractivity contribution in [2.75, 3.05) is 19.6 Å². The molecule has 5 nitrogen and oxygen atoms in total. The molecular formula is C22H35N3O2. The summed E-state index contributed by atoms with van der Waals surface area (Å²) >= 11 is 0. The van der Waals surface area contributed by atoms with E-state index in [9.17, 15) is 4.79 Å². The Balaban J connectivity index is 1.44. The van der Waals surface area contributed by atoms with E-state index in [1.54, 1.807) is 0 Å². The Labute approximate surface area is 163 Å². The molecule has 3 aliphatic rings. The van der Waals surface area contributed by atoms with Crippen molar-refractivity contribution in [2.45, 2.75) is 90.1 Å². The van der Waals surface area contributed by atoms with E-state index in [4.69, 9.17) is 4.52 Å². The van der Waals surface area contributed by atoms with Gasteiger partial charge in [0, 0.05) is 30.6 Å². The van der Waals surface area contributed by atoms with Crippen LogP contribution in [-0.4, -0.2) is 46.0 Å². The van der Waals surface area contributed by atoms with E-state index in [-0.39, 0.29) is 5.54 Å². The van der Waals surface area contributed by atoms with Crippen LogP contribution < -0.4 is 0 Å². The lowest BCUT2D eigenvalue weighted by Gasteiger charge is -2.38. The van der Waals surface area contributed by atoms with Gasteiger partial charge in [0.2, 0.25) is 5.91 Å². The number of hydrogen-bond donors (Lipinski definition) is 0. The molecule has 1 atom stereocenters. The Bertz CT molecular complexity index is 645. The summed E-state index contributed by atoms with van der Waals surface area (Å²) in [6, 6.07) is 0. The number of aryl methyl sites for hydroxylation is 2. The number of rotatable bonds is 4. The summed E-state index contributed by atoms with van der Waals surface area (Å²) in [6.45, 7) is 8.23. The highest BCUT2D eigenvalue weighted by atomic mass is 16.5. The predicted molar refractivity (Wildman–Crippen MR) is 105 cm³/mol. The summed E-state index contributed by atoms with van der Waals surface area (Å²) < 4.78 is 5.35. The average molecular weight is 374 g/mol. The number of hydrogen-bond acceptors (Lipinski definition) is 4. The molecule has 1 aromatic rings. The summed E-state index contributed by atoms with van der Waals surface area (Å²) in [6.07, 6.45) is 12.3. The molecule has 2 aliphatic heterocycles. The van der Waals surface area contributed by atoms with Crippen LogP contribution in [0.25, 0.3) is 0 Å². The molecule has 0 unspecified atom stereocenters. The molecule has 27 heavy (non-hydrogen) atoms. The third kappa shape index (κ3) is 3.94. The number of amides is 1. The van der Waals surface area contributed by atoms with E-state index in [2.05, 4.69) is 15.0 Å². The van der Waals surface area contributed by atoms with Gasteiger partial charge in [-0.3, -0.25) is 4.79 Å². The van der Waals surface area contributed by atoms with Gasteiger partial charge in [-0.15, -0.1) is 0 Å². The monoisotopic (exact) mass is 373 g/mol. The van der Waals surface area contributed by atoms with Gasteiger partial charge >= 0.3 is 0 Å². The first-order valence-corrected chi connectivity index (χ1v) is 11.0. The highest BCUT2D eigenvalue weighted by Crippen LogP contribution is 2.41. The van der Waals surface area contributed by atoms with Gasteiger partial charge in [0.15, 0.2) is 0 Å². The van der Waals surface area contributed by atoms with Gasteiger partial charge in [-0.05, 0) is 64.8 Å². The van der Waals surface area contributed by atoms with Crippen molar-refractivity contribution in [3.05, 3.63) is 17.0 Å². The zero-order valence-electron chi connectivity index (χ0n) is 17.1. The summed E-state index contributed by atoms with van der Waals surface area (Å²) in [5.74, 6) is 2.07. The minimum atomic E-state index is 0.0501. The normalized spacial score (nSPS) is 28.2. The lowest BCUT2D eigenvalue weighted by Crippen LogP contribution is -2.46. The molecule has 1 saturated carbocycles. The van der Waals surface area contributed by atoms with Gasteiger partial charge < -0.3 is 14.3 Å². The van der Waals surface area contributed by atoms with E-state index in [1.807, 2.05) is 13.8 Å². The van der Waals surface area contributed by atoms with Crippen LogP contribution in [0.5, 0.6) is 0 Å². The zero-order valence-corrected chi connectivity index (χ0v) is 17.1. The molecule has 3 heterocycles. The van der Waals surface area contributed by atoms with E-state index in [0.717, 1.165) is 48.7 Å². The molecular weight excluding hydrogens is 338 g/mol. The number of likely N-dealkylation sites (tertiary alicyclic amines) is 2. The smallest absolute Gasteiger partial charge is 0.223 e. The molecule has 0 radical (unpaired) electrons. The van der Waals surface area contributed by atoms with E-state index in [0.29, 0.717) is 18.9 Å². The lowest BCUT2D eigenvalue weighted by atomic mass is 9.87. The van der Waals surface area contributed by atoms with Crippen molar-refractivity contribution >= 4 is 5.91 Å². The molecule has 1 amide bonds. The molecule has 1 aliphatic carbocycles. The highest BCUT2D eigenvalue weighted by molar-refractivity contribution is 5.79. The van der Waals surface area contributed by atoms with Crippen molar-refractivity contribution < 1.29 is 9.32 Å². The van der Waals surface area contributed by atoms with Crippen LogP contribution in [0.2, 0.25) is 0 Å². The first-order valence-electron chi connectivity index (χ1n) is 11.0. The molecule has 4 rings (SSSR count). The quantitative estimate of drug-likeness (QED) is 0.793. The summed E-state index contributed by atoms with van der Waals surface area (Å²) in [7, 11) is 0. The SMILES string of the molecule is Cc1noc(C)c1CN1C(=O)CC[C@@]12CCCN(CC1CCCCC1)CC2. The zero-order chi connectivity index (χ0) is 18.9. The van der Waals surface area contributed by atoms with E-state index in [1.165, 1.54) is 51.6 Å². The van der Waals surface area contributed by atoms with Crippen molar-refractivity contribution in [3.8, 4) is 0 Å². The van der Waals surface area contributed by atoms with E-state index >= 15 is 0 Å². The molecule has 1 spiro atoms. The Morgan fingerprint density at radius 1 is 1.07 bits per heavy atom. The Hall–Kier alpha value is -1.36. The second-order valence-electron chi connectivity index (χ2n) is 9.17. The van der Waals surface area contributed by atoms with Crippen LogP contribution in [0.3, 0.4) is 0 Å². The maximum atomic E-state index is 12.8. The van der Waals surface area contributed by atoms with Crippen LogP contribution in [-0.2, 0) is 11.3 Å². The first kappa shape index (κ1) is 19.0. The number of carbonyl (C=O) groups is 1. The molecule has 0 bridgehead atoms. The summed E-state index contributed by atoms with van der Waals surface area (Å²) in [4.78, 5) is 17.6. The second-order valence-corrected chi connectivity index (χ2v) is 9.17. The molecule has 2 saturated heterocycles. The number of aromatic nitrogens is 1. The van der Waals surface area contributed by atoms with Gasteiger partial charge in [0.1, 0.15) is 5.76 Å². The fourth-order valence-corrected chi connectivity index (χ4v) is 5.69. The topological polar surface area (TPSA) is 49.6 Å². The molecule has 5 heteroatoms. The molecule has 0 N–H and O–H groups in total. The van der Waals surface area contributed by atoms with Crippen molar-refractivity contribution in [1.29, 1.82) is 0 Å². The minimum Gasteiger partial charge on any atom is -0.361 e. The maximum absolute atomic E-state index is 12.8. The molecule has 0 aromatic carbocycles. The molecule has 3 fully saturated rings. The lowest BCUT2D eigenvalue weighted by molar-refractivity contribution is -0.132. The van der Waals surface area contributed by atoms with E-state index < -0.39 is 0 Å². The third-order valence-corrected chi connectivity index (χ3v) is 7.43. The van der Waals surface area contributed by atoms with Crippen molar-refractivity contribution in [2.24, 2.45) is 5.92 Å². The third-order valence-electron chi connectivity index (χ3n) is 7.43. The van der Waals surface area contributed by atoms with Crippen LogP contribution in [0, 0.1) is 19.8 Å². The van der Waals surface area contributed by atoms with Gasteiger partial charge in [0.25, 0.3) is 0 Å². The van der Waals surface area contributed by atoms with Crippen LogP contribution in [0.1, 0.15) is 81.2 Å². The Morgan fingerprint density at radius 3 is 2.63 bits per heavy atom. The fraction of sp³-hybridized carbons (Fsp3) is 0.818. The van der Waals surface area contributed by atoms with Gasteiger partial charge in [-0.2, -0.15) is 0 Å². The van der Waals surface area contributed by atoms with Gasteiger partial charge in [0.05, 0.1) is 12.2 Å². The predicted octanol–water partition coefficient (Wildman–Crippen LogP) is 4.22. The Kier molecular flexibility index (Phi) is 5.58. The van der Waals surface area contributed by atoms with Crippen molar-refractivity contribution in [3.63, 3.8) is 0 Å². The standard InChI is InChI=1S/C22H35N3O2/c1-17-20(18(2)27-23-17)16-25-21(26)9-11-22(25)10-6-13-24(14-12-22)15-19-7-4-3-5-8-19/h19H,3-16H2,1-2H3/t22-/m1/s1. The highest BCUT2D eigenvalue weighted by Gasteiger charge is 2.46. The summed E-state index contributed by atoms with van der Waals surface area (Å²) in [5.41, 5.74) is 2.08. The van der Waals surface area contributed by atoms with Gasteiger partial charge in [-0.25, -0.2) is 0 Å². The molecule has 150 valence electrons. The van der Waals surface area contributed by atoms with Crippen LogP contribution in [0.15, 0.2) is 4.52 Å².